The molecule has 1 aromatic heterocycles. The Morgan fingerprint density at radius 3 is 2.65 bits per heavy atom. The predicted octanol–water partition coefficient (Wildman–Crippen LogP) is 2.30. The number of rotatable bonds is 4. The minimum atomic E-state index is -0.417. The molecule has 0 radical (unpaired) electrons. The molecule has 1 heterocycles. The number of phenolic OH excluding ortho intramolecular Hbond substituents is 1. The highest BCUT2D eigenvalue weighted by molar-refractivity contribution is 6.08. The summed E-state index contributed by atoms with van der Waals surface area (Å²) in [6, 6.07) is 3.62. The molecule has 1 aromatic carbocycles. The Labute approximate surface area is 135 Å². The number of hydrogen-bond acceptors (Lipinski definition) is 5. The van der Waals surface area contributed by atoms with Crippen molar-refractivity contribution < 1.29 is 14.6 Å². The van der Waals surface area contributed by atoms with Gasteiger partial charge in [0.2, 0.25) is 0 Å². The molecule has 0 aliphatic rings. The van der Waals surface area contributed by atoms with Crippen LogP contribution in [0.4, 0.5) is 0 Å². The number of aromatic nitrogens is 1. The summed E-state index contributed by atoms with van der Waals surface area (Å²) in [6.07, 6.45) is 0. The number of phenols is 1. The summed E-state index contributed by atoms with van der Waals surface area (Å²) >= 11 is 0. The number of aryl methyl sites for hydroxylation is 1. The van der Waals surface area contributed by atoms with E-state index in [9.17, 15) is 15.2 Å². The van der Waals surface area contributed by atoms with E-state index in [2.05, 4.69) is 0 Å². The highest BCUT2D eigenvalue weighted by atomic mass is 16.5. The molecule has 122 valence electrons. The van der Waals surface area contributed by atoms with E-state index >= 15 is 0 Å². The predicted molar refractivity (Wildman–Crippen MR) is 87.4 cm³/mol. The largest absolute Gasteiger partial charge is 0.506 e. The minimum Gasteiger partial charge on any atom is -0.506 e. The highest BCUT2D eigenvalue weighted by Gasteiger charge is 2.25. The normalized spacial score (nSPS) is 11.0. The second-order valence-corrected chi connectivity index (χ2v) is 5.73. The van der Waals surface area contributed by atoms with Crippen LogP contribution < -0.4 is 0 Å². The Bertz CT molecular complexity index is 813. The molecule has 6 nitrogen and oxygen atoms in total. The van der Waals surface area contributed by atoms with Crippen molar-refractivity contribution >= 4 is 16.9 Å². The molecule has 0 amide bonds. The van der Waals surface area contributed by atoms with E-state index in [-0.39, 0.29) is 17.9 Å². The maximum atomic E-state index is 12.4. The van der Waals surface area contributed by atoms with Gasteiger partial charge in [-0.1, -0.05) is 0 Å². The Morgan fingerprint density at radius 2 is 2.13 bits per heavy atom. The fourth-order valence-electron chi connectivity index (χ4n) is 2.79. The van der Waals surface area contributed by atoms with E-state index in [4.69, 9.17) is 4.74 Å². The fraction of sp³-hybridized carbons (Fsp3) is 0.412. The zero-order valence-electron chi connectivity index (χ0n) is 14.1. The molecular weight excluding hydrogens is 294 g/mol. The van der Waals surface area contributed by atoms with E-state index in [1.54, 1.807) is 13.0 Å². The monoisotopic (exact) mass is 315 g/mol. The summed E-state index contributed by atoms with van der Waals surface area (Å²) in [5.74, 6) is -0.496. The van der Waals surface area contributed by atoms with Gasteiger partial charge < -0.3 is 19.3 Å². The van der Waals surface area contributed by atoms with Crippen molar-refractivity contribution in [3.63, 3.8) is 0 Å². The molecular formula is C17H21N3O3. The molecule has 0 saturated carbocycles. The van der Waals surface area contributed by atoms with Crippen molar-refractivity contribution in [2.45, 2.75) is 20.4 Å². The zero-order valence-corrected chi connectivity index (χ0v) is 14.1. The summed E-state index contributed by atoms with van der Waals surface area (Å²) < 4.78 is 7.02. The van der Waals surface area contributed by atoms with Crippen LogP contribution in [0.25, 0.3) is 10.9 Å². The maximum absolute atomic E-state index is 12.4. The number of hydrogen-bond donors (Lipinski definition) is 1. The first-order valence-electron chi connectivity index (χ1n) is 7.39. The summed E-state index contributed by atoms with van der Waals surface area (Å²) in [5, 5.41) is 20.4. The summed E-state index contributed by atoms with van der Waals surface area (Å²) in [5.41, 5.74) is 2.69. The van der Waals surface area contributed by atoms with E-state index < -0.39 is 5.97 Å². The van der Waals surface area contributed by atoms with Gasteiger partial charge in [0, 0.05) is 30.2 Å². The number of fused-ring (bicyclic) bond motifs is 1. The maximum Gasteiger partial charge on any atom is 0.340 e. The number of carbonyl (C=O) groups excluding carboxylic acids is 1. The summed E-state index contributed by atoms with van der Waals surface area (Å²) in [6.45, 7) is 4.27. The van der Waals surface area contributed by atoms with Crippen LogP contribution in [0, 0.1) is 18.3 Å². The van der Waals surface area contributed by atoms with E-state index in [0.29, 0.717) is 23.1 Å². The van der Waals surface area contributed by atoms with Crippen LogP contribution in [0.3, 0.4) is 0 Å². The molecule has 2 aromatic rings. The van der Waals surface area contributed by atoms with Gasteiger partial charge >= 0.3 is 5.97 Å². The molecule has 0 fully saturated rings. The number of aromatic hydroxyl groups is 1. The molecule has 0 spiro atoms. The Kier molecular flexibility index (Phi) is 4.62. The van der Waals surface area contributed by atoms with Gasteiger partial charge in [-0.2, -0.15) is 5.26 Å². The number of carbonyl (C=O) groups is 1. The van der Waals surface area contributed by atoms with Gasteiger partial charge in [-0.15, -0.1) is 0 Å². The van der Waals surface area contributed by atoms with Crippen LogP contribution in [0.15, 0.2) is 6.07 Å². The lowest BCUT2D eigenvalue weighted by molar-refractivity contribution is 0.0527. The van der Waals surface area contributed by atoms with Gasteiger partial charge in [0.05, 0.1) is 23.3 Å². The van der Waals surface area contributed by atoms with Crippen LogP contribution in [-0.2, 0) is 18.3 Å². The van der Waals surface area contributed by atoms with Crippen molar-refractivity contribution in [1.29, 1.82) is 5.26 Å². The Balaban J connectivity index is 2.93. The first-order chi connectivity index (χ1) is 10.8. The Hall–Kier alpha value is -2.52. The molecule has 0 unspecified atom stereocenters. The van der Waals surface area contributed by atoms with Gasteiger partial charge in [-0.05, 0) is 34.0 Å². The van der Waals surface area contributed by atoms with Gasteiger partial charge in [-0.3, -0.25) is 0 Å². The SMILES string of the molecule is CCOC(=O)c1c(C)n(C)c2cc(C#N)c(O)c(CN(C)C)c12. The average molecular weight is 315 g/mol. The van der Waals surface area contributed by atoms with Crippen molar-refractivity contribution in [3.8, 4) is 11.8 Å². The third-order valence-electron chi connectivity index (χ3n) is 3.93. The molecule has 0 aliphatic carbocycles. The molecule has 0 saturated heterocycles. The average Bonchev–Trinajstić information content (AvgIpc) is 2.74. The number of esters is 1. The quantitative estimate of drug-likeness (QED) is 0.876. The van der Waals surface area contributed by atoms with Crippen LogP contribution in [0.2, 0.25) is 0 Å². The van der Waals surface area contributed by atoms with Gasteiger partial charge in [0.25, 0.3) is 0 Å². The second kappa shape index (κ2) is 6.31. The molecule has 0 aliphatic heterocycles. The molecule has 23 heavy (non-hydrogen) atoms. The number of nitriles is 1. The van der Waals surface area contributed by atoms with Crippen LogP contribution in [-0.4, -0.2) is 41.2 Å². The van der Waals surface area contributed by atoms with Crippen molar-refractivity contribution in [2.75, 3.05) is 20.7 Å². The lowest BCUT2D eigenvalue weighted by Crippen LogP contribution is -2.13. The third-order valence-corrected chi connectivity index (χ3v) is 3.93. The third kappa shape index (κ3) is 2.76. The van der Waals surface area contributed by atoms with Crippen LogP contribution in [0.1, 0.15) is 34.1 Å². The fourth-order valence-corrected chi connectivity index (χ4v) is 2.79. The van der Waals surface area contributed by atoms with Crippen LogP contribution >= 0.6 is 0 Å². The Morgan fingerprint density at radius 1 is 1.48 bits per heavy atom. The molecule has 0 bridgehead atoms. The summed E-state index contributed by atoms with van der Waals surface area (Å²) in [7, 11) is 5.56. The number of benzene rings is 1. The standard InChI is InChI=1S/C17H21N3O3/c1-6-23-17(22)14-10(2)20(5)13-7-11(8-18)16(21)12(15(13)14)9-19(3)4/h7,21H,6,9H2,1-5H3. The molecule has 2 rings (SSSR count). The van der Waals surface area contributed by atoms with Gasteiger partial charge in [-0.25, -0.2) is 4.79 Å². The van der Waals surface area contributed by atoms with E-state index in [0.717, 1.165) is 11.2 Å². The first kappa shape index (κ1) is 16.8. The number of ether oxygens (including phenoxy) is 1. The van der Waals surface area contributed by atoms with Crippen molar-refractivity contribution in [1.82, 2.24) is 9.47 Å². The molecule has 6 heteroatoms. The van der Waals surface area contributed by atoms with Crippen molar-refractivity contribution in [3.05, 3.63) is 28.5 Å². The van der Waals surface area contributed by atoms with Gasteiger partial charge in [0.15, 0.2) is 0 Å². The van der Waals surface area contributed by atoms with E-state index in [1.165, 1.54) is 0 Å². The first-order valence-corrected chi connectivity index (χ1v) is 7.39. The second-order valence-electron chi connectivity index (χ2n) is 5.73. The minimum absolute atomic E-state index is 0.0788. The lowest BCUT2D eigenvalue weighted by atomic mass is 10.00. The van der Waals surface area contributed by atoms with E-state index in [1.807, 2.05) is 43.6 Å². The summed E-state index contributed by atoms with van der Waals surface area (Å²) in [4.78, 5) is 14.3. The molecule has 0 atom stereocenters. The van der Waals surface area contributed by atoms with Crippen LogP contribution in [0.5, 0.6) is 5.75 Å². The lowest BCUT2D eigenvalue weighted by Gasteiger charge is -2.14. The smallest absolute Gasteiger partial charge is 0.340 e. The van der Waals surface area contributed by atoms with Crippen molar-refractivity contribution in [2.24, 2.45) is 7.05 Å². The molecule has 1 N–H and O–H groups in total. The topological polar surface area (TPSA) is 78.5 Å². The highest BCUT2D eigenvalue weighted by Crippen LogP contribution is 2.36. The zero-order chi connectivity index (χ0) is 17.3. The van der Waals surface area contributed by atoms with Gasteiger partial charge in [0.1, 0.15) is 11.8 Å². The number of nitrogens with zero attached hydrogens (tertiary/aromatic N) is 3.